The molecule has 0 aromatic rings. The van der Waals surface area contributed by atoms with Gasteiger partial charge in [0.15, 0.2) is 6.10 Å². The van der Waals surface area contributed by atoms with Crippen LogP contribution in [-0.4, -0.2) is 37.2 Å². The first-order valence-corrected chi connectivity index (χ1v) is 29.9. The first kappa shape index (κ1) is 64.4. The van der Waals surface area contributed by atoms with E-state index < -0.39 is 6.10 Å². The topological polar surface area (TPSA) is 78.9 Å². The summed E-state index contributed by atoms with van der Waals surface area (Å²) >= 11 is 0. The predicted molar refractivity (Wildman–Crippen MR) is 284 cm³/mol. The van der Waals surface area contributed by atoms with Gasteiger partial charge >= 0.3 is 17.9 Å². The number of hydrogen-bond acceptors (Lipinski definition) is 6. The molecule has 0 saturated carbocycles. The Morgan fingerprint density at radius 1 is 0.288 bits per heavy atom. The highest BCUT2D eigenvalue weighted by atomic mass is 16.6. The van der Waals surface area contributed by atoms with Crippen molar-refractivity contribution in [2.45, 2.75) is 348 Å². The molecule has 0 fully saturated rings. The van der Waals surface area contributed by atoms with E-state index in [2.05, 4.69) is 27.7 Å². The summed E-state index contributed by atoms with van der Waals surface area (Å²) in [6, 6.07) is 0. The number of rotatable bonds is 55. The van der Waals surface area contributed by atoms with Crippen molar-refractivity contribution in [3.8, 4) is 0 Å². The van der Waals surface area contributed by atoms with Crippen LogP contribution >= 0.6 is 0 Å². The van der Waals surface area contributed by atoms with Crippen LogP contribution in [0, 0.1) is 5.92 Å². The summed E-state index contributed by atoms with van der Waals surface area (Å²) in [5, 5.41) is 0. The summed E-state index contributed by atoms with van der Waals surface area (Å²) in [4.78, 5) is 38.2. The molecule has 392 valence electrons. The van der Waals surface area contributed by atoms with Crippen LogP contribution in [0.4, 0.5) is 0 Å². The second kappa shape index (κ2) is 54.4. The first-order chi connectivity index (χ1) is 32.4. The third-order valence-corrected chi connectivity index (χ3v) is 13.8. The quantitative estimate of drug-likeness (QED) is 0.0343. The monoisotopic (exact) mass is 933 g/mol. The number of esters is 3. The number of ether oxygens (including phenoxy) is 3. The molecule has 0 unspecified atom stereocenters. The maximum Gasteiger partial charge on any atom is 0.306 e. The van der Waals surface area contributed by atoms with Gasteiger partial charge in [-0.2, -0.15) is 0 Å². The zero-order chi connectivity index (χ0) is 48.1. The van der Waals surface area contributed by atoms with Gasteiger partial charge in [-0.3, -0.25) is 14.4 Å². The molecular weight excluding hydrogens is 817 g/mol. The van der Waals surface area contributed by atoms with E-state index in [-0.39, 0.29) is 31.1 Å². The van der Waals surface area contributed by atoms with E-state index in [0.717, 1.165) is 63.7 Å². The van der Waals surface area contributed by atoms with Gasteiger partial charge in [0, 0.05) is 19.3 Å². The Balaban J connectivity index is 4.28. The van der Waals surface area contributed by atoms with Gasteiger partial charge in [-0.1, -0.05) is 304 Å². The molecule has 0 saturated heterocycles. The second-order valence-corrected chi connectivity index (χ2v) is 21.1. The highest BCUT2D eigenvalue weighted by Crippen LogP contribution is 2.18. The maximum absolute atomic E-state index is 12.8. The molecule has 0 spiro atoms. The lowest BCUT2D eigenvalue weighted by atomic mass is 10.0. The van der Waals surface area contributed by atoms with Crippen LogP contribution in [0.1, 0.15) is 342 Å². The van der Waals surface area contributed by atoms with Gasteiger partial charge in [-0.15, -0.1) is 0 Å². The first-order valence-electron chi connectivity index (χ1n) is 29.9. The fourth-order valence-corrected chi connectivity index (χ4v) is 9.28. The van der Waals surface area contributed by atoms with Crippen molar-refractivity contribution in [1.29, 1.82) is 0 Å². The Morgan fingerprint density at radius 3 is 0.742 bits per heavy atom. The largest absolute Gasteiger partial charge is 0.462 e. The molecule has 0 aliphatic rings. The van der Waals surface area contributed by atoms with Crippen LogP contribution in [0.25, 0.3) is 0 Å². The second-order valence-electron chi connectivity index (χ2n) is 21.1. The van der Waals surface area contributed by atoms with Crippen molar-refractivity contribution >= 4 is 17.9 Å². The van der Waals surface area contributed by atoms with Gasteiger partial charge in [0.1, 0.15) is 13.2 Å². The Hall–Kier alpha value is -1.59. The summed E-state index contributed by atoms with van der Waals surface area (Å²) in [5.74, 6) is 0.00707. The highest BCUT2D eigenvalue weighted by Gasteiger charge is 2.19. The van der Waals surface area contributed by atoms with E-state index in [4.69, 9.17) is 14.2 Å². The standard InChI is InChI=1S/C60H116O6/c1-5-7-9-11-13-15-17-19-21-22-23-24-28-31-35-39-43-47-51-58(61)64-54-57(66-60(63)53-49-45-41-37-33-27-20-18-16-14-12-10-8-6-2)55-65-59(62)52-48-44-40-36-32-29-25-26-30-34-38-42-46-50-56(3)4/h56-57H,5-55H2,1-4H3/t57-/m0/s1. The fraction of sp³-hybridized carbons (Fsp3) is 0.950. The Morgan fingerprint density at radius 2 is 0.500 bits per heavy atom. The molecule has 6 nitrogen and oxygen atoms in total. The minimum Gasteiger partial charge on any atom is -0.462 e. The van der Waals surface area contributed by atoms with Gasteiger partial charge in [0.05, 0.1) is 0 Å². The van der Waals surface area contributed by atoms with Gasteiger partial charge in [-0.25, -0.2) is 0 Å². The van der Waals surface area contributed by atoms with E-state index in [1.165, 1.54) is 238 Å². The van der Waals surface area contributed by atoms with Crippen molar-refractivity contribution in [2.24, 2.45) is 5.92 Å². The summed E-state index contributed by atoms with van der Waals surface area (Å²) in [6.07, 6.45) is 59.5. The van der Waals surface area contributed by atoms with Crippen molar-refractivity contribution in [3.63, 3.8) is 0 Å². The molecule has 0 rings (SSSR count). The third-order valence-electron chi connectivity index (χ3n) is 13.8. The van der Waals surface area contributed by atoms with Crippen LogP contribution in [0.5, 0.6) is 0 Å². The SMILES string of the molecule is CCCCCCCCCCCCCCCCCCCCC(=O)OC[C@@H](COC(=O)CCCCCCCCCCCCCCCC(C)C)OC(=O)CCCCCCCCCCCCCCCC. The van der Waals surface area contributed by atoms with Crippen LogP contribution in [0.3, 0.4) is 0 Å². The van der Waals surface area contributed by atoms with E-state index in [1.807, 2.05) is 0 Å². The summed E-state index contributed by atoms with van der Waals surface area (Å²) in [5.41, 5.74) is 0. The predicted octanol–water partition coefficient (Wildman–Crippen LogP) is 19.8. The minimum absolute atomic E-state index is 0.0616. The van der Waals surface area contributed by atoms with Gasteiger partial charge in [-0.05, 0) is 25.2 Å². The molecule has 0 heterocycles. The molecule has 6 heteroatoms. The number of carbonyl (C=O) groups is 3. The number of unbranched alkanes of at least 4 members (excludes halogenated alkanes) is 42. The van der Waals surface area contributed by atoms with E-state index in [0.29, 0.717) is 19.3 Å². The van der Waals surface area contributed by atoms with E-state index in [9.17, 15) is 14.4 Å². The maximum atomic E-state index is 12.8. The van der Waals surface area contributed by atoms with E-state index in [1.54, 1.807) is 0 Å². The lowest BCUT2D eigenvalue weighted by Gasteiger charge is -2.18. The molecular formula is C60H116O6. The minimum atomic E-state index is -0.762. The molecule has 0 amide bonds. The van der Waals surface area contributed by atoms with Crippen LogP contribution < -0.4 is 0 Å². The smallest absolute Gasteiger partial charge is 0.306 e. The third kappa shape index (κ3) is 53.4. The van der Waals surface area contributed by atoms with E-state index >= 15 is 0 Å². The van der Waals surface area contributed by atoms with Crippen molar-refractivity contribution in [2.75, 3.05) is 13.2 Å². The summed E-state index contributed by atoms with van der Waals surface area (Å²) in [7, 11) is 0. The van der Waals surface area contributed by atoms with Crippen molar-refractivity contribution < 1.29 is 28.6 Å². The number of hydrogen-bond donors (Lipinski definition) is 0. The summed E-state index contributed by atoms with van der Waals surface area (Å²) in [6.45, 7) is 9.07. The molecule has 0 aliphatic carbocycles. The van der Waals surface area contributed by atoms with Gasteiger partial charge in [0.2, 0.25) is 0 Å². The lowest BCUT2D eigenvalue weighted by molar-refractivity contribution is -0.167. The van der Waals surface area contributed by atoms with Crippen LogP contribution in [-0.2, 0) is 28.6 Å². The van der Waals surface area contributed by atoms with Gasteiger partial charge in [0.25, 0.3) is 0 Å². The fourth-order valence-electron chi connectivity index (χ4n) is 9.28. The molecule has 66 heavy (non-hydrogen) atoms. The molecule has 0 aliphatic heterocycles. The Kier molecular flexibility index (Phi) is 53.0. The van der Waals surface area contributed by atoms with Crippen molar-refractivity contribution in [3.05, 3.63) is 0 Å². The molecule has 0 bridgehead atoms. The average Bonchev–Trinajstić information content (AvgIpc) is 3.30. The highest BCUT2D eigenvalue weighted by molar-refractivity contribution is 5.71. The van der Waals surface area contributed by atoms with Crippen LogP contribution in [0.2, 0.25) is 0 Å². The van der Waals surface area contributed by atoms with Crippen LogP contribution in [0.15, 0.2) is 0 Å². The number of carbonyl (C=O) groups excluding carboxylic acids is 3. The molecule has 0 radical (unpaired) electrons. The summed E-state index contributed by atoms with van der Waals surface area (Å²) < 4.78 is 16.9. The Bertz CT molecular complexity index is 996. The Labute approximate surface area is 412 Å². The average molecular weight is 934 g/mol. The molecule has 0 N–H and O–H groups in total. The lowest BCUT2D eigenvalue weighted by Crippen LogP contribution is -2.30. The zero-order valence-corrected chi connectivity index (χ0v) is 45.2. The zero-order valence-electron chi connectivity index (χ0n) is 45.2. The van der Waals surface area contributed by atoms with Crippen molar-refractivity contribution in [1.82, 2.24) is 0 Å². The molecule has 0 aromatic carbocycles. The molecule has 0 aromatic heterocycles. The molecule has 1 atom stereocenters. The van der Waals surface area contributed by atoms with Gasteiger partial charge < -0.3 is 14.2 Å². The normalized spacial score (nSPS) is 12.0.